The molecule has 88 valence electrons. The van der Waals surface area contributed by atoms with Crippen LogP contribution < -0.4 is 5.32 Å². The van der Waals surface area contributed by atoms with Crippen molar-refractivity contribution in [1.82, 2.24) is 10.2 Å². The molecule has 15 heavy (non-hydrogen) atoms. The van der Waals surface area contributed by atoms with Gasteiger partial charge in [0.2, 0.25) is 0 Å². The number of rotatable bonds is 2. The first-order valence-corrected chi connectivity index (χ1v) is 7.46. The number of nitrogens with one attached hydrogen (secondary N) is 1. The van der Waals surface area contributed by atoms with Crippen molar-refractivity contribution in [2.24, 2.45) is 5.92 Å². The second kappa shape index (κ2) is 5.55. The Bertz CT molecular complexity index is 192. The highest BCUT2D eigenvalue weighted by Crippen LogP contribution is 2.26. The predicted octanol–water partition coefficient (Wildman–Crippen LogP) is 1.81. The third kappa shape index (κ3) is 2.89. The van der Waals surface area contributed by atoms with Crippen LogP contribution in [0, 0.1) is 5.92 Å². The minimum absolute atomic E-state index is 0.749. The number of likely N-dealkylation sites (tertiary alicyclic amines) is 1. The molecule has 2 aliphatic rings. The Morgan fingerprint density at radius 3 is 2.53 bits per heavy atom. The molecule has 0 saturated carbocycles. The van der Waals surface area contributed by atoms with Crippen molar-refractivity contribution in [2.75, 3.05) is 31.6 Å². The summed E-state index contributed by atoms with van der Waals surface area (Å²) in [6, 6.07) is 1.64. The third-order valence-corrected chi connectivity index (χ3v) is 5.06. The van der Waals surface area contributed by atoms with E-state index in [0.29, 0.717) is 0 Å². The van der Waals surface area contributed by atoms with Gasteiger partial charge >= 0.3 is 0 Å². The lowest BCUT2D eigenvalue weighted by Crippen LogP contribution is -2.51. The fraction of sp³-hybridized carbons (Fsp3) is 1.00. The maximum Gasteiger partial charge on any atom is 0.0114 e. The van der Waals surface area contributed by atoms with Crippen LogP contribution in [0.15, 0.2) is 0 Å². The standard InChI is InChI=1S/C12H24N2S/c1-10-9-14(6-3-12(10)13-2)11-4-7-15-8-5-11/h10-13H,3-9H2,1-2H3. The lowest BCUT2D eigenvalue weighted by Gasteiger charge is -2.42. The molecule has 0 amide bonds. The zero-order chi connectivity index (χ0) is 10.7. The third-order valence-electron chi connectivity index (χ3n) is 4.01. The Morgan fingerprint density at radius 2 is 1.93 bits per heavy atom. The van der Waals surface area contributed by atoms with Crippen LogP contribution in [0.5, 0.6) is 0 Å². The van der Waals surface area contributed by atoms with E-state index in [-0.39, 0.29) is 0 Å². The summed E-state index contributed by atoms with van der Waals surface area (Å²) in [5.74, 6) is 3.58. The van der Waals surface area contributed by atoms with Gasteiger partial charge in [0.05, 0.1) is 0 Å². The highest BCUT2D eigenvalue weighted by atomic mass is 32.2. The molecule has 3 heteroatoms. The van der Waals surface area contributed by atoms with E-state index in [1.807, 2.05) is 0 Å². The van der Waals surface area contributed by atoms with Crippen LogP contribution in [0.1, 0.15) is 26.2 Å². The van der Waals surface area contributed by atoms with Crippen molar-refractivity contribution in [1.29, 1.82) is 0 Å². The van der Waals surface area contributed by atoms with Gasteiger partial charge < -0.3 is 5.32 Å². The molecular weight excluding hydrogens is 204 g/mol. The van der Waals surface area contributed by atoms with Gasteiger partial charge in [0, 0.05) is 18.6 Å². The van der Waals surface area contributed by atoms with Crippen LogP contribution in [0.25, 0.3) is 0 Å². The quantitative estimate of drug-likeness (QED) is 0.776. The summed E-state index contributed by atoms with van der Waals surface area (Å²) in [5.41, 5.74) is 0. The molecule has 2 aliphatic heterocycles. The van der Waals surface area contributed by atoms with Crippen molar-refractivity contribution < 1.29 is 0 Å². The van der Waals surface area contributed by atoms with Crippen molar-refractivity contribution >= 4 is 11.8 Å². The molecule has 2 nitrogen and oxygen atoms in total. The molecule has 0 aliphatic carbocycles. The SMILES string of the molecule is CNC1CCN(C2CCSCC2)CC1C. The average Bonchev–Trinajstić information content (AvgIpc) is 2.30. The fourth-order valence-electron chi connectivity index (χ4n) is 2.99. The number of piperidine rings is 1. The molecule has 0 spiro atoms. The molecule has 2 rings (SSSR count). The summed E-state index contributed by atoms with van der Waals surface area (Å²) >= 11 is 2.13. The van der Waals surface area contributed by atoms with Crippen LogP contribution in [0.2, 0.25) is 0 Å². The number of thioether (sulfide) groups is 1. The maximum atomic E-state index is 3.45. The smallest absolute Gasteiger partial charge is 0.0114 e. The first-order chi connectivity index (χ1) is 7.31. The van der Waals surface area contributed by atoms with Crippen LogP contribution in [-0.4, -0.2) is 48.6 Å². The van der Waals surface area contributed by atoms with Gasteiger partial charge in [-0.2, -0.15) is 11.8 Å². The topological polar surface area (TPSA) is 15.3 Å². The summed E-state index contributed by atoms with van der Waals surface area (Å²) in [6.07, 6.45) is 4.17. The van der Waals surface area contributed by atoms with Crippen LogP contribution >= 0.6 is 11.8 Å². The van der Waals surface area contributed by atoms with Crippen molar-refractivity contribution in [3.63, 3.8) is 0 Å². The molecule has 0 radical (unpaired) electrons. The second-order valence-electron chi connectivity index (χ2n) is 5.00. The van der Waals surface area contributed by atoms with Crippen molar-refractivity contribution in [3.8, 4) is 0 Å². The normalized spacial score (nSPS) is 35.6. The second-order valence-corrected chi connectivity index (χ2v) is 6.22. The van der Waals surface area contributed by atoms with E-state index in [1.165, 1.54) is 43.9 Å². The van der Waals surface area contributed by atoms with E-state index in [9.17, 15) is 0 Å². The molecule has 2 heterocycles. The number of hydrogen-bond donors (Lipinski definition) is 1. The van der Waals surface area contributed by atoms with E-state index in [4.69, 9.17) is 0 Å². The first-order valence-electron chi connectivity index (χ1n) is 6.30. The van der Waals surface area contributed by atoms with Gasteiger partial charge in [-0.1, -0.05) is 6.92 Å². The van der Waals surface area contributed by atoms with E-state index in [1.54, 1.807) is 0 Å². The van der Waals surface area contributed by atoms with Crippen molar-refractivity contribution in [3.05, 3.63) is 0 Å². The summed E-state index contributed by atoms with van der Waals surface area (Å²) in [6.45, 7) is 5.01. The molecule has 2 fully saturated rings. The Balaban J connectivity index is 1.84. The number of hydrogen-bond acceptors (Lipinski definition) is 3. The molecular formula is C12H24N2S. The van der Waals surface area contributed by atoms with Crippen LogP contribution in [0.4, 0.5) is 0 Å². The molecule has 0 aromatic carbocycles. The molecule has 0 bridgehead atoms. The van der Waals surface area contributed by atoms with E-state index in [2.05, 4.69) is 35.9 Å². The molecule has 1 N–H and O–H groups in total. The first kappa shape index (κ1) is 11.7. The summed E-state index contributed by atoms with van der Waals surface area (Å²) in [4.78, 5) is 2.75. The molecule has 2 unspecified atom stereocenters. The monoisotopic (exact) mass is 228 g/mol. The molecule has 0 aromatic rings. The zero-order valence-corrected chi connectivity index (χ0v) is 10.9. The van der Waals surface area contributed by atoms with Crippen LogP contribution in [0.3, 0.4) is 0 Å². The van der Waals surface area contributed by atoms with Gasteiger partial charge in [-0.05, 0) is 50.3 Å². The van der Waals surface area contributed by atoms with Gasteiger partial charge in [0.25, 0.3) is 0 Å². The summed E-state index contributed by atoms with van der Waals surface area (Å²) in [7, 11) is 2.11. The zero-order valence-electron chi connectivity index (χ0n) is 10.0. The predicted molar refractivity (Wildman–Crippen MR) is 68.5 cm³/mol. The fourth-order valence-corrected chi connectivity index (χ4v) is 4.07. The Labute approximate surface area is 98.2 Å². The Hall–Kier alpha value is 0.270. The summed E-state index contributed by atoms with van der Waals surface area (Å²) in [5, 5.41) is 3.45. The maximum absolute atomic E-state index is 3.45. The van der Waals surface area contributed by atoms with Gasteiger partial charge in [0.1, 0.15) is 0 Å². The molecule has 0 aromatic heterocycles. The van der Waals surface area contributed by atoms with Gasteiger partial charge in [-0.15, -0.1) is 0 Å². The van der Waals surface area contributed by atoms with E-state index < -0.39 is 0 Å². The largest absolute Gasteiger partial charge is 0.317 e. The minimum atomic E-state index is 0.749. The number of nitrogens with zero attached hydrogens (tertiary/aromatic N) is 1. The lowest BCUT2D eigenvalue weighted by molar-refractivity contribution is 0.101. The summed E-state index contributed by atoms with van der Waals surface area (Å²) < 4.78 is 0. The highest BCUT2D eigenvalue weighted by molar-refractivity contribution is 7.99. The molecule has 2 saturated heterocycles. The van der Waals surface area contributed by atoms with Crippen LogP contribution in [-0.2, 0) is 0 Å². The van der Waals surface area contributed by atoms with E-state index in [0.717, 1.165) is 18.0 Å². The van der Waals surface area contributed by atoms with Crippen molar-refractivity contribution in [2.45, 2.75) is 38.3 Å². The average molecular weight is 228 g/mol. The van der Waals surface area contributed by atoms with Gasteiger partial charge in [0.15, 0.2) is 0 Å². The highest BCUT2D eigenvalue weighted by Gasteiger charge is 2.29. The lowest BCUT2D eigenvalue weighted by atomic mass is 9.92. The Kier molecular flexibility index (Phi) is 4.35. The Morgan fingerprint density at radius 1 is 1.20 bits per heavy atom. The van der Waals surface area contributed by atoms with Gasteiger partial charge in [-0.25, -0.2) is 0 Å². The van der Waals surface area contributed by atoms with E-state index >= 15 is 0 Å². The van der Waals surface area contributed by atoms with Gasteiger partial charge in [-0.3, -0.25) is 4.90 Å². The minimum Gasteiger partial charge on any atom is -0.317 e. The molecule has 2 atom stereocenters.